The second kappa shape index (κ2) is 4.93. The van der Waals surface area contributed by atoms with Gasteiger partial charge in [0, 0.05) is 13.1 Å². The van der Waals surface area contributed by atoms with Gasteiger partial charge in [-0.25, -0.2) is 4.39 Å². The molecule has 7 heteroatoms. The van der Waals surface area contributed by atoms with Crippen molar-refractivity contribution in [1.82, 2.24) is 14.8 Å². The largest absolute Gasteiger partial charge is 0.482 e. The third kappa shape index (κ3) is 2.45. The first-order valence-electron chi connectivity index (χ1n) is 5.21. The summed E-state index contributed by atoms with van der Waals surface area (Å²) in [6, 6.07) is 2.51. The maximum absolute atomic E-state index is 13.0. The van der Waals surface area contributed by atoms with Crippen LogP contribution >= 0.6 is 15.9 Å². The molecule has 0 bridgehead atoms. The van der Waals surface area contributed by atoms with Crippen molar-refractivity contribution < 1.29 is 9.13 Å². The first-order chi connectivity index (χ1) is 8.49. The number of aryl methyl sites for hydroxylation is 1. The summed E-state index contributed by atoms with van der Waals surface area (Å²) in [7, 11) is 1.84. The van der Waals surface area contributed by atoms with E-state index in [0.29, 0.717) is 16.0 Å². The van der Waals surface area contributed by atoms with Gasteiger partial charge < -0.3 is 15.0 Å². The molecule has 0 atom stereocenters. The number of rotatable bonds is 3. The summed E-state index contributed by atoms with van der Waals surface area (Å²) in [6.45, 7) is 2.06. The van der Waals surface area contributed by atoms with Gasteiger partial charge in [-0.1, -0.05) is 0 Å². The van der Waals surface area contributed by atoms with E-state index in [0.717, 1.165) is 5.82 Å². The lowest BCUT2D eigenvalue weighted by Crippen LogP contribution is -2.06. The summed E-state index contributed by atoms with van der Waals surface area (Å²) in [4.78, 5) is 0. The van der Waals surface area contributed by atoms with Gasteiger partial charge in [0.15, 0.2) is 11.6 Å². The Labute approximate surface area is 112 Å². The fourth-order valence-electron chi connectivity index (χ4n) is 1.45. The molecule has 0 saturated carbocycles. The van der Waals surface area contributed by atoms with Crippen LogP contribution in [0.5, 0.6) is 5.75 Å². The van der Waals surface area contributed by atoms with E-state index in [2.05, 4.69) is 26.1 Å². The molecule has 0 spiro atoms. The van der Waals surface area contributed by atoms with Crippen LogP contribution in [0, 0.1) is 12.7 Å². The Morgan fingerprint density at radius 1 is 1.44 bits per heavy atom. The predicted octanol–water partition coefficient (Wildman–Crippen LogP) is 2.19. The predicted molar refractivity (Wildman–Crippen MR) is 68.6 cm³/mol. The van der Waals surface area contributed by atoms with Crippen LogP contribution < -0.4 is 10.5 Å². The van der Waals surface area contributed by atoms with Crippen molar-refractivity contribution in [1.29, 1.82) is 0 Å². The van der Waals surface area contributed by atoms with Crippen molar-refractivity contribution in [2.75, 3.05) is 5.73 Å². The highest BCUT2D eigenvalue weighted by molar-refractivity contribution is 9.10. The minimum atomic E-state index is -0.416. The number of hydrogen-bond donors (Lipinski definition) is 1. The molecule has 2 rings (SSSR count). The van der Waals surface area contributed by atoms with Crippen molar-refractivity contribution in [2.24, 2.45) is 7.05 Å². The van der Waals surface area contributed by atoms with Crippen LogP contribution in [0.25, 0.3) is 0 Å². The van der Waals surface area contributed by atoms with Gasteiger partial charge in [-0.15, -0.1) is 10.2 Å². The second-order valence-corrected chi connectivity index (χ2v) is 4.67. The number of nitrogens with two attached hydrogens (primary N) is 1. The number of halogens is 2. The van der Waals surface area contributed by atoms with Crippen LogP contribution in [0.2, 0.25) is 0 Å². The molecule has 2 aromatic rings. The Kier molecular flexibility index (Phi) is 3.51. The van der Waals surface area contributed by atoms with Crippen molar-refractivity contribution in [3.8, 4) is 5.75 Å². The quantitative estimate of drug-likeness (QED) is 0.882. The van der Waals surface area contributed by atoms with Gasteiger partial charge in [0.2, 0.25) is 0 Å². The lowest BCUT2D eigenvalue weighted by Gasteiger charge is -2.10. The number of ether oxygens (including phenoxy) is 1. The molecule has 1 aromatic carbocycles. The third-order valence-electron chi connectivity index (χ3n) is 2.57. The highest BCUT2D eigenvalue weighted by Gasteiger charge is 2.11. The standard InChI is InChI=1S/C11H12BrFN4O/c1-6-15-16-10(17(6)2)5-18-11-8(12)3-7(13)4-9(11)14/h3-4H,5,14H2,1-2H3. The Bertz CT molecular complexity index is 561. The molecule has 96 valence electrons. The summed E-state index contributed by atoms with van der Waals surface area (Å²) in [5.74, 6) is 1.45. The summed E-state index contributed by atoms with van der Waals surface area (Å²) in [5.41, 5.74) is 5.93. The molecular weight excluding hydrogens is 303 g/mol. The van der Waals surface area contributed by atoms with Gasteiger partial charge in [0.05, 0.1) is 10.2 Å². The van der Waals surface area contributed by atoms with Crippen molar-refractivity contribution in [3.05, 3.63) is 34.1 Å². The maximum Gasteiger partial charge on any atom is 0.170 e. The summed E-state index contributed by atoms with van der Waals surface area (Å²) < 4.78 is 20.9. The van der Waals surface area contributed by atoms with Crippen LogP contribution in [-0.2, 0) is 13.7 Å². The van der Waals surface area contributed by atoms with Gasteiger partial charge in [0.1, 0.15) is 18.2 Å². The molecule has 0 aliphatic heterocycles. The highest BCUT2D eigenvalue weighted by atomic mass is 79.9. The number of nitrogen functional groups attached to an aromatic ring is 1. The Balaban J connectivity index is 2.18. The lowest BCUT2D eigenvalue weighted by atomic mass is 10.3. The zero-order valence-corrected chi connectivity index (χ0v) is 11.5. The average Bonchev–Trinajstić information content (AvgIpc) is 2.59. The van der Waals surface area contributed by atoms with E-state index >= 15 is 0 Å². The van der Waals surface area contributed by atoms with Gasteiger partial charge >= 0.3 is 0 Å². The lowest BCUT2D eigenvalue weighted by molar-refractivity contribution is 0.290. The third-order valence-corrected chi connectivity index (χ3v) is 3.15. The number of anilines is 1. The topological polar surface area (TPSA) is 66.0 Å². The summed E-state index contributed by atoms with van der Waals surface area (Å²) in [6.07, 6.45) is 0. The monoisotopic (exact) mass is 314 g/mol. The molecule has 5 nitrogen and oxygen atoms in total. The van der Waals surface area contributed by atoms with Crippen molar-refractivity contribution >= 4 is 21.6 Å². The number of aromatic nitrogens is 3. The van der Waals surface area contributed by atoms with Crippen LogP contribution in [0.15, 0.2) is 16.6 Å². The van der Waals surface area contributed by atoms with E-state index in [9.17, 15) is 4.39 Å². The van der Waals surface area contributed by atoms with Gasteiger partial charge in [-0.2, -0.15) is 0 Å². The number of nitrogens with zero attached hydrogens (tertiary/aromatic N) is 3. The van der Waals surface area contributed by atoms with E-state index in [4.69, 9.17) is 10.5 Å². The fraction of sp³-hybridized carbons (Fsp3) is 0.273. The fourth-order valence-corrected chi connectivity index (χ4v) is 2.01. The maximum atomic E-state index is 13.0. The first kappa shape index (κ1) is 12.8. The second-order valence-electron chi connectivity index (χ2n) is 3.82. The SMILES string of the molecule is Cc1nnc(COc2c(N)cc(F)cc2Br)n1C. The van der Waals surface area contributed by atoms with Crippen molar-refractivity contribution in [2.45, 2.75) is 13.5 Å². The van der Waals surface area contributed by atoms with Gasteiger partial charge in [0.25, 0.3) is 0 Å². The average molecular weight is 315 g/mol. The van der Waals surface area contributed by atoms with Crippen LogP contribution in [0.3, 0.4) is 0 Å². The molecule has 0 unspecified atom stereocenters. The Morgan fingerprint density at radius 2 is 2.17 bits per heavy atom. The van der Waals surface area contributed by atoms with Crippen LogP contribution in [0.1, 0.15) is 11.6 Å². The van der Waals surface area contributed by atoms with Crippen LogP contribution in [0.4, 0.5) is 10.1 Å². The molecule has 0 amide bonds. The minimum Gasteiger partial charge on any atom is -0.482 e. The first-order valence-corrected chi connectivity index (χ1v) is 6.00. The summed E-state index contributed by atoms with van der Waals surface area (Å²) in [5, 5.41) is 7.88. The van der Waals surface area contributed by atoms with Gasteiger partial charge in [-0.3, -0.25) is 0 Å². The van der Waals surface area contributed by atoms with E-state index < -0.39 is 5.82 Å². The van der Waals surface area contributed by atoms with Crippen molar-refractivity contribution in [3.63, 3.8) is 0 Å². The molecule has 0 aliphatic carbocycles. The zero-order valence-electron chi connectivity index (χ0n) is 9.94. The van der Waals surface area contributed by atoms with E-state index in [1.165, 1.54) is 12.1 Å². The Hall–Kier alpha value is -1.63. The van der Waals surface area contributed by atoms with E-state index in [1.54, 1.807) is 0 Å². The van der Waals surface area contributed by atoms with Crippen LogP contribution in [-0.4, -0.2) is 14.8 Å². The molecule has 2 N–H and O–H groups in total. The smallest absolute Gasteiger partial charge is 0.170 e. The molecule has 1 aromatic heterocycles. The molecular formula is C11H12BrFN4O. The Morgan fingerprint density at radius 3 is 2.72 bits per heavy atom. The molecule has 0 fully saturated rings. The van der Waals surface area contributed by atoms with E-state index in [1.807, 2.05) is 18.5 Å². The zero-order chi connectivity index (χ0) is 13.3. The highest BCUT2D eigenvalue weighted by Crippen LogP contribution is 2.32. The molecule has 0 saturated heterocycles. The van der Waals surface area contributed by atoms with E-state index in [-0.39, 0.29) is 12.3 Å². The minimum absolute atomic E-state index is 0.214. The molecule has 1 heterocycles. The normalized spacial score (nSPS) is 10.7. The number of benzene rings is 1. The molecule has 0 aliphatic rings. The number of hydrogen-bond acceptors (Lipinski definition) is 4. The molecule has 0 radical (unpaired) electrons. The van der Waals surface area contributed by atoms with Gasteiger partial charge in [-0.05, 0) is 28.9 Å². The molecule has 18 heavy (non-hydrogen) atoms. The summed E-state index contributed by atoms with van der Waals surface area (Å²) >= 11 is 3.21.